The van der Waals surface area contributed by atoms with E-state index in [0.717, 1.165) is 5.56 Å². The maximum Gasteiger partial charge on any atom is 0.270 e. The molecule has 1 N–H and O–H groups in total. The maximum atomic E-state index is 12.3. The number of nitrogens with one attached hydrogen (secondary N) is 1. The third-order valence-corrected chi connectivity index (χ3v) is 4.91. The highest BCUT2D eigenvalue weighted by atomic mass is 79.9. The summed E-state index contributed by atoms with van der Waals surface area (Å²) in [5, 5.41) is 22.9. The first-order valence-corrected chi connectivity index (χ1v) is 9.75. The van der Waals surface area contributed by atoms with E-state index in [1.54, 1.807) is 18.2 Å². The molecule has 1 amide bonds. The SMILES string of the molecule is N#CC(=Cc1ccc(-c2ccc([N+](=O)[O-])cc2Br)o1)C(=O)NCCc1ccccc1. The number of non-ortho nitro benzene ring substituents is 1. The fourth-order valence-electron chi connectivity index (χ4n) is 2.74. The van der Waals surface area contributed by atoms with Crippen molar-refractivity contribution in [1.29, 1.82) is 5.26 Å². The smallest absolute Gasteiger partial charge is 0.270 e. The third kappa shape index (κ3) is 5.21. The zero-order valence-corrected chi connectivity index (χ0v) is 17.3. The maximum absolute atomic E-state index is 12.3. The van der Waals surface area contributed by atoms with Gasteiger partial charge in [0.2, 0.25) is 0 Å². The predicted molar refractivity (Wildman–Crippen MR) is 115 cm³/mol. The lowest BCUT2D eigenvalue weighted by molar-refractivity contribution is -0.384. The van der Waals surface area contributed by atoms with Crippen molar-refractivity contribution in [1.82, 2.24) is 5.32 Å². The van der Waals surface area contributed by atoms with Gasteiger partial charge < -0.3 is 9.73 Å². The molecule has 0 aliphatic rings. The van der Waals surface area contributed by atoms with Crippen molar-refractivity contribution >= 4 is 33.6 Å². The summed E-state index contributed by atoms with van der Waals surface area (Å²) in [6, 6.07) is 19.2. The largest absolute Gasteiger partial charge is 0.457 e. The van der Waals surface area contributed by atoms with Crippen LogP contribution in [0.5, 0.6) is 0 Å². The molecular formula is C22H16BrN3O4. The van der Waals surface area contributed by atoms with E-state index in [1.165, 1.54) is 18.2 Å². The second kappa shape index (κ2) is 9.67. The highest BCUT2D eigenvalue weighted by Crippen LogP contribution is 2.32. The van der Waals surface area contributed by atoms with Gasteiger partial charge in [0.1, 0.15) is 23.2 Å². The molecular weight excluding hydrogens is 450 g/mol. The second-order valence-corrected chi connectivity index (χ2v) is 7.14. The highest BCUT2D eigenvalue weighted by molar-refractivity contribution is 9.10. The highest BCUT2D eigenvalue weighted by Gasteiger charge is 2.14. The summed E-state index contributed by atoms with van der Waals surface area (Å²) in [5.74, 6) is 0.290. The Balaban J connectivity index is 1.69. The van der Waals surface area contributed by atoms with E-state index in [4.69, 9.17) is 4.42 Å². The average molecular weight is 466 g/mol. The van der Waals surface area contributed by atoms with Crippen LogP contribution in [0.25, 0.3) is 17.4 Å². The minimum atomic E-state index is -0.486. The van der Waals surface area contributed by atoms with Crippen molar-refractivity contribution in [3.63, 3.8) is 0 Å². The quantitative estimate of drug-likeness (QED) is 0.231. The summed E-state index contributed by atoms with van der Waals surface area (Å²) in [4.78, 5) is 22.7. The first-order chi connectivity index (χ1) is 14.5. The number of nitro groups is 1. The summed E-state index contributed by atoms with van der Waals surface area (Å²) in [6.07, 6.45) is 2.02. The molecule has 8 heteroatoms. The summed E-state index contributed by atoms with van der Waals surface area (Å²) in [6.45, 7) is 0.404. The van der Waals surface area contributed by atoms with E-state index in [1.807, 2.05) is 36.4 Å². The normalized spacial score (nSPS) is 11.0. The first-order valence-electron chi connectivity index (χ1n) is 8.96. The van der Waals surface area contributed by atoms with Crippen molar-refractivity contribution in [3.8, 4) is 17.4 Å². The average Bonchev–Trinajstić information content (AvgIpc) is 3.20. The number of nitrogens with zero attached hydrogens (tertiary/aromatic N) is 2. The topological polar surface area (TPSA) is 109 Å². The fourth-order valence-corrected chi connectivity index (χ4v) is 3.31. The number of carbonyl (C=O) groups excluding carboxylic acids is 1. The molecule has 150 valence electrons. The summed E-state index contributed by atoms with van der Waals surface area (Å²) < 4.78 is 6.20. The number of hydrogen-bond acceptors (Lipinski definition) is 5. The Bertz CT molecular complexity index is 1150. The molecule has 3 aromatic rings. The Morgan fingerprint density at radius 1 is 1.20 bits per heavy atom. The molecule has 0 bridgehead atoms. The van der Waals surface area contributed by atoms with Crippen molar-refractivity contribution in [2.24, 2.45) is 0 Å². The number of carbonyl (C=O) groups is 1. The lowest BCUT2D eigenvalue weighted by Gasteiger charge is -2.04. The molecule has 0 saturated heterocycles. The molecule has 0 fully saturated rings. The van der Waals surface area contributed by atoms with E-state index in [2.05, 4.69) is 21.2 Å². The number of hydrogen-bond donors (Lipinski definition) is 1. The third-order valence-electron chi connectivity index (χ3n) is 4.25. The Morgan fingerprint density at radius 3 is 2.63 bits per heavy atom. The first kappa shape index (κ1) is 21.0. The number of halogens is 1. The molecule has 1 aromatic heterocycles. The number of rotatable bonds is 7. The van der Waals surface area contributed by atoms with E-state index in [0.29, 0.717) is 34.5 Å². The number of benzene rings is 2. The van der Waals surface area contributed by atoms with Crippen LogP contribution in [-0.4, -0.2) is 17.4 Å². The van der Waals surface area contributed by atoms with Crippen LogP contribution in [0.4, 0.5) is 5.69 Å². The van der Waals surface area contributed by atoms with Gasteiger partial charge >= 0.3 is 0 Å². The van der Waals surface area contributed by atoms with Crippen LogP contribution in [0.1, 0.15) is 11.3 Å². The van der Waals surface area contributed by atoms with Gasteiger partial charge in [0, 0.05) is 34.8 Å². The zero-order valence-electron chi connectivity index (χ0n) is 15.7. The number of nitriles is 1. The van der Waals surface area contributed by atoms with E-state index >= 15 is 0 Å². The number of furan rings is 1. The molecule has 0 radical (unpaired) electrons. The minimum Gasteiger partial charge on any atom is -0.457 e. The van der Waals surface area contributed by atoms with Gasteiger partial charge in [-0.15, -0.1) is 0 Å². The number of amides is 1. The summed E-state index contributed by atoms with van der Waals surface area (Å²) in [7, 11) is 0. The second-order valence-electron chi connectivity index (χ2n) is 6.28. The molecule has 0 unspecified atom stereocenters. The molecule has 1 heterocycles. The van der Waals surface area contributed by atoms with Gasteiger partial charge in [0.15, 0.2) is 0 Å². The lowest BCUT2D eigenvalue weighted by atomic mass is 10.1. The lowest BCUT2D eigenvalue weighted by Crippen LogP contribution is -2.26. The van der Waals surface area contributed by atoms with Crippen LogP contribution < -0.4 is 5.32 Å². The molecule has 0 aliphatic heterocycles. The van der Waals surface area contributed by atoms with Gasteiger partial charge in [-0.1, -0.05) is 30.3 Å². The summed E-state index contributed by atoms with van der Waals surface area (Å²) in [5.41, 5.74) is 1.58. The monoisotopic (exact) mass is 465 g/mol. The van der Waals surface area contributed by atoms with E-state index < -0.39 is 10.8 Å². The Hall–Kier alpha value is -3.70. The molecule has 3 rings (SSSR count). The van der Waals surface area contributed by atoms with Gasteiger partial charge in [-0.25, -0.2) is 0 Å². The van der Waals surface area contributed by atoms with Crippen LogP contribution in [0, 0.1) is 21.4 Å². The molecule has 2 aromatic carbocycles. The van der Waals surface area contributed by atoms with Gasteiger partial charge in [-0.2, -0.15) is 5.26 Å². The summed E-state index contributed by atoms with van der Waals surface area (Å²) >= 11 is 3.30. The van der Waals surface area contributed by atoms with Gasteiger partial charge in [-0.05, 0) is 46.1 Å². The predicted octanol–water partition coefficient (Wildman–Crippen LogP) is 4.88. The molecule has 30 heavy (non-hydrogen) atoms. The van der Waals surface area contributed by atoms with Crippen LogP contribution in [0.3, 0.4) is 0 Å². The van der Waals surface area contributed by atoms with Crippen LogP contribution in [-0.2, 0) is 11.2 Å². The minimum absolute atomic E-state index is 0.0451. The van der Waals surface area contributed by atoms with E-state index in [-0.39, 0.29) is 11.3 Å². The van der Waals surface area contributed by atoms with Gasteiger partial charge in [-0.3, -0.25) is 14.9 Å². The van der Waals surface area contributed by atoms with Crippen molar-refractivity contribution < 1.29 is 14.1 Å². The van der Waals surface area contributed by atoms with Crippen LogP contribution in [0.15, 0.2) is 75.1 Å². The Kier molecular flexibility index (Phi) is 6.78. The van der Waals surface area contributed by atoms with Crippen molar-refractivity contribution in [2.75, 3.05) is 6.54 Å². The standard InChI is InChI=1S/C22H16BrN3O4/c23-20-13-17(26(28)29)6-8-19(20)21-9-7-18(30-21)12-16(14-24)22(27)25-11-10-15-4-2-1-3-5-15/h1-9,12-13H,10-11H2,(H,25,27). The Labute approximate surface area is 180 Å². The molecule has 7 nitrogen and oxygen atoms in total. The molecule has 0 spiro atoms. The molecule has 0 atom stereocenters. The zero-order chi connectivity index (χ0) is 21.5. The molecule has 0 saturated carbocycles. The fraction of sp³-hybridized carbons (Fsp3) is 0.0909. The van der Waals surface area contributed by atoms with E-state index in [9.17, 15) is 20.2 Å². The van der Waals surface area contributed by atoms with Crippen molar-refractivity contribution in [3.05, 3.63) is 92.1 Å². The van der Waals surface area contributed by atoms with Crippen molar-refractivity contribution in [2.45, 2.75) is 6.42 Å². The molecule has 0 aliphatic carbocycles. The van der Waals surface area contributed by atoms with Gasteiger partial charge in [0.05, 0.1) is 4.92 Å². The van der Waals surface area contributed by atoms with Crippen LogP contribution in [0.2, 0.25) is 0 Å². The number of nitro benzene ring substituents is 1. The Morgan fingerprint density at radius 2 is 1.97 bits per heavy atom. The van der Waals surface area contributed by atoms with Crippen LogP contribution >= 0.6 is 15.9 Å². The van der Waals surface area contributed by atoms with Gasteiger partial charge in [0.25, 0.3) is 11.6 Å².